The lowest BCUT2D eigenvalue weighted by atomic mass is 9.94. The zero-order chi connectivity index (χ0) is 16.5. The second-order valence-corrected chi connectivity index (χ2v) is 6.48. The molecular weight excluding hydrogens is 308 g/mol. The molecule has 4 rings (SSSR count). The zero-order valence-corrected chi connectivity index (χ0v) is 13.3. The minimum absolute atomic E-state index is 0.340. The summed E-state index contributed by atoms with van der Waals surface area (Å²) >= 11 is 0. The number of aromatic nitrogens is 2. The van der Waals surface area contributed by atoms with E-state index < -0.39 is 0 Å². The van der Waals surface area contributed by atoms with Crippen LogP contribution in [0.1, 0.15) is 30.0 Å². The summed E-state index contributed by atoms with van der Waals surface area (Å²) in [6.45, 7) is 2.19. The van der Waals surface area contributed by atoms with Crippen LogP contribution in [-0.4, -0.2) is 28.0 Å². The number of piperidine rings is 1. The number of likely N-dealkylation sites (tertiary alicyclic amines) is 1. The van der Waals surface area contributed by atoms with Crippen LogP contribution < -0.4 is 0 Å². The van der Waals surface area contributed by atoms with Crippen LogP contribution in [0.15, 0.2) is 42.6 Å². The molecule has 1 aromatic carbocycles. The first-order chi connectivity index (χ1) is 11.7. The van der Waals surface area contributed by atoms with Crippen molar-refractivity contribution in [1.82, 2.24) is 14.9 Å². The van der Waals surface area contributed by atoms with E-state index in [1.807, 2.05) is 12.1 Å². The van der Waals surface area contributed by atoms with Gasteiger partial charge in [-0.05, 0) is 55.8 Å². The van der Waals surface area contributed by atoms with E-state index in [0.29, 0.717) is 18.0 Å². The molecule has 0 amide bonds. The minimum atomic E-state index is -0.387. The zero-order valence-electron chi connectivity index (χ0n) is 13.3. The molecular formula is C19H19F2N3. The highest BCUT2D eigenvalue weighted by molar-refractivity contribution is 5.76. The summed E-state index contributed by atoms with van der Waals surface area (Å²) in [5, 5.41) is 1.11. The first kappa shape index (κ1) is 15.3. The molecule has 0 bridgehead atoms. The van der Waals surface area contributed by atoms with Crippen molar-refractivity contribution in [3.05, 3.63) is 65.5 Å². The van der Waals surface area contributed by atoms with Crippen molar-refractivity contribution in [2.45, 2.75) is 25.3 Å². The average Bonchev–Trinajstić information content (AvgIpc) is 3.03. The number of benzene rings is 1. The highest BCUT2D eigenvalue weighted by atomic mass is 19.1. The van der Waals surface area contributed by atoms with E-state index in [1.54, 1.807) is 6.20 Å². The molecule has 1 fully saturated rings. The van der Waals surface area contributed by atoms with Crippen LogP contribution in [0.3, 0.4) is 0 Å². The van der Waals surface area contributed by atoms with E-state index in [0.717, 1.165) is 43.0 Å². The quantitative estimate of drug-likeness (QED) is 0.781. The fourth-order valence-corrected chi connectivity index (χ4v) is 3.56. The number of hydrogen-bond acceptors (Lipinski definition) is 2. The molecule has 3 aromatic rings. The number of nitrogens with one attached hydrogen (secondary N) is 1. The Kier molecular flexibility index (Phi) is 4.02. The minimum Gasteiger partial charge on any atom is -0.343 e. The Morgan fingerprint density at radius 1 is 1.21 bits per heavy atom. The van der Waals surface area contributed by atoms with Crippen LogP contribution in [-0.2, 0) is 6.54 Å². The number of hydrogen-bond donors (Lipinski definition) is 1. The topological polar surface area (TPSA) is 31.9 Å². The number of fused-ring (bicyclic) bond motifs is 1. The maximum Gasteiger partial charge on any atom is 0.137 e. The Morgan fingerprint density at radius 3 is 3.00 bits per heavy atom. The third kappa shape index (κ3) is 3.04. The van der Waals surface area contributed by atoms with E-state index in [-0.39, 0.29) is 11.6 Å². The van der Waals surface area contributed by atoms with Crippen molar-refractivity contribution in [2.75, 3.05) is 13.1 Å². The van der Waals surface area contributed by atoms with Crippen LogP contribution in [0, 0.1) is 11.6 Å². The van der Waals surface area contributed by atoms with E-state index >= 15 is 0 Å². The predicted octanol–water partition coefficient (Wildman–Crippen LogP) is 4.22. The van der Waals surface area contributed by atoms with Crippen LogP contribution in [0.5, 0.6) is 0 Å². The van der Waals surface area contributed by atoms with Crippen molar-refractivity contribution < 1.29 is 8.78 Å². The van der Waals surface area contributed by atoms with Gasteiger partial charge in [0.2, 0.25) is 0 Å². The summed E-state index contributed by atoms with van der Waals surface area (Å²) in [7, 11) is 0. The average molecular weight is 327 g/mol. The number of aromatic amines is 1. The third-order valence-electron chi connectivity index (χ3n) is 4.76. The smallest absolute Gasteiger partial charge is 0.137 e. The van der Waals surface area contributed by atoms with Crippen molar-refractivity contribution in [3.63, 3.8) is 0 Å². The van der Waals surface area contributed by atoms with Gasteiger partial charge in [0.15, 0.2) is 0 Å². The molecule has 2 aromatic heterocycles. The molecule has 0 unspecified atom stereocenters. The summed E-state index contributed by atoms with van der Waals surface area (Å²) in [6, 6.07) is 9.79. The van der Waals surface area contributed by atoms with Gasteiger partial charge in [-0.1, -0.05) is 0 Å². The van der Waals surface area contributed by atoms with Gasteiger partial charge < -0.3 is 4.98 Å². The lowest BCUT2D eigenvalue weighted by molar-refractivity contribution is 0.196. The number of halogens is 2. The van der Waals surface area contributed by atoms with E-state index in [9.17, 15) is 8.78 Å². The van der Waals surface area contributed by atoms with Gasteiger partial charge in [-0.15, -0.1) is 0 Å². The van der Waals surface area contributed by atoms with Gasteiger partial charge in [0.1, 0.15) is 17.3 Å². The van der Waals surface area contributed by atoms with E-state index in [2.05, 4.69) is 20.9 Å². The van der Waals surface area contributed by atoms with Crippen LogP contribution in [0.4, 0.5) is 8.78 Å². The first-order valence-electron chi connectivity index (χ1n) is 8.29. The Hall–Kier alpha value is -2.27. The van der Waals surface area contributed by atoms with Gasteiger partial charge in [-0.2, -0.15) is 0 Å². The van der Waals surface area contributed by atoms with Gasteiger partial charge in [-0.25, -0.2) is 13.8 Å². The molecule has 0 radical (unpaired) electrons. The molecule has 24 heavy (non-hydrogen) atoms. The normalized spacial score (nSPS) is 19.0. The lowest BCUT2D eigenvalue weighted by Crippen LogP contribution is -2.34. The number of H-pyrrole nitrogens is 1. The highest BCUT2D eigenvalue weighted by Gasteiger charge is 2.23. The fraction of sp³-hybridized carbons (Fsp3) is 0.316. The maximum absolute atomic E-state index is 13.9. The molecule has 1 N–H and O–H groups in total. The monoisotopic (exact) mass is 327 g/mol. The molecule has 1 aliphatic heterocycles. The van der Waals surface area contributed by atoms with Crippen molar-refractivity contribution >= 4 is 11.0 Å². The summed E-state index contributed by atoms with van der Waals surface area (Å²) in [5.74, 6) is -0.362. The van der Waals surface area contributed by atoms with Gasteiger partial charge in [0.05, 0.1) is 0 Å². The standard InChI is InChI=1S/C19H19F2N3/c20-16-5-6-17(21)15(9-16)12-24-8-2-4-14(11-24)18-10-13-3-1-7-22-19(13)23-18/h1,3,5-7,9-10,14H,2,4,8,11-12H2,(H,22,23)/t14-/m1/s1. The molecule has 1 atom stereocenters. The van der Waals surface area contributed by atoms with Crippen molar-refractivity contribution in [2.24, 2.45) is 0 Å². The number of pyridine rings is 1. The molecule has 124 valence electrons. The Bertz CT molecular complexity index is 826. The largest absolute Gasteiger partial charge is 0.343 e. The third-order valence-corrected chi connectivity index (χ3v) is 4.76. The molecule has 1 saturated heterocycles. The summed E-state index contributed by atoms with van der Waals surface area (Å²) in [5.41, 5.74) is 2.50. The van der Waals surface area contributed by atoms with Crippen LogP contribution in [0.25, 0.3) is 11.0 Å². The summed E-state index contributed by atoms with van der Waals surface area (Å²) in [6.07, 6.45) is 3.92. The van der Waals surface area contributed by atoms with Crippen LogP contribution >= 0.6 is 0 Å². The molecule has 0 spiro atoms. The lowest BCUT2D eigenvalue weighted by Gasteiger charge is -2.32. The van der Waals surface area contributed by atoms with Gasteiger partial charge in [-0.3, -0.25) is 4.90 Å². The van der Waals surface area contributed by atoms with Crippen molar-refractivity contribution in [1.29, 1.82) is 0 Å². The Labute approximate surface area is 139 Å². The highest BCUT2D eigenvalue weighted by Crippen LogP contribution is 2.29. The molecule has 0 aliphatic carbocycles. The van der Waals surface area contributed by atoms with Crippen LogP contribution in [0.2, 0.25) is 0 Å². The summed E-state index contributed by atoms with van der Waals surface area (Å²) in [4.78, 5) is 9.94. The molecule has 0 saturated carbocycles. The SMILES string of the molecule is Fc1ccc(F)c(CN2CCC[C@@H](c3cc4cccnc4[nH]3)C2)c1. The van der Waals surface area contributed by atoms with Gasteiger partial charge >= 0.3 is 0 Å². The van der Waals surface area contributed by atoms with Gasteiger partial charge in [0, 0.05) is 41.8 Å². The predicted molar refractivity (Wildman–Crippen MR) is 89.7 cm³/mol. The number of rotatable bonds is 3. The second kappa shape index (κ2) is 6.32. The molecule has 3 nitrogen and oxygen atoms in total. The molecule has 1 aliphatic rings. The Morgan fingerprint density at radius 2 is 2.12 bits per heavy atom. The summed E-state index contributed by atoms with van der Waals surface area (Å²) < 4.78 is 27.2. The van der Waals surface area contributed by atoms with Gasteiger partial charge in [0.25, 0.3) is 0 Å². The molecule has 5 heteroatoms. The van der Waals surface area contributed by atoms with Crippen molar-refractivity contribution in [3.8, 4) is 0 Å². The van der Waals surface area contributed by atoms with E-state index in [1.165, 1.54) is 17.8 Å². The second-order valence-electron chi connectivity index (χ2n) is 6.48. The number of nitrogens with zero attached hydrogens (tertiary/aromatic N) is 2. The Balaban J connectivity index is 1.52. The van der Waals surface area contributed by atoms with E-state index in [4.69, 9.17) is 0 Å². The maximum atomic E-state index is 13.9. The fourth-order valence-electron chi connectivity index (χ4n) is 3.56. The first-order valence-corrected chi connectivity index (χ1v) is 8.29. The molecule has 3 heterocycles.